The molecule has 0 atom stereocenters. The van der Waals surface area contributed by atoms with E-state index >= 15 is 0 Å². The monoisotopic (exact) mass is 275 g/mol. The van der Waals surface area contributed by atoms with Gasteiger partial charge in [0.25, 0.3) is 0 Å². The van der Waals surface area contributed by atoms with Crippen LogP contribution in [0.1, 0.15) is 15.2 Å². The van der Waals surface area contributed by atoms with Crippen molar-refractivity contribution in [3.63, 3.8) is 0 Å². The molecule has 4 rings (SSSR count). The molecule has 0 saturated heterocycles. The molecule has 0 N–H and O–H groups in total. The number of hydrogen-bond acceptors (Lipinski definition) is 2. The molecule has 0 aliphatic heterocycles. The van der Waals surface area contributed by atoms with Gasteiger partial charge in [-0.05, 0) is 35.7 Å². The minimum Gasteiger partial charge on any atom is -0.454 e. The largest absolute Gasteiger partial charge is 0.454 e. The molecule has 2 heteroatoms. The summed E-state index contributed by atoms with van der Waals surface area (Å²) < 4.78 is 21.6. The molecule has 4 aromatic rings. The average molecular weight is 275 g/mol. The van der Waals surface area contributed by atoms with Gasteiger partial charge in [-0.3, -0.25) is 4.98 Å². The van der Waals surface area contributed by atoms with Crippen LogP contribution in [0.5, 0.6) is 0 Å². The second kappa shape index (κ2) is 4.74. The van der Waals surface area contributed by atoms with Gasteiger partial charge in [0.1, 0.15) is 11.1 Å². The highest BCUT2D eigenvalue weighted by atomic mass is 16.3. The van der Waals surface area contributed by atoms with Gasteiger partial charge in [-0.2, -0.15) is 0 Å². The molecule has 0 fully saturated rings. The van der Waals surface area contributed by atoms with Crippen LogP contribution < -0.4 is 0 Å². The van der Waals surface area contributed by atoms with Crippen molar-refractivity contribution >= 4 is 22.1 Å². The summed E-state index contributed by atoms with van der Waals surface area (Å²) in [5.74, 6) is 0. The summed E-state index contributed by atoms with van der Waals surface area (Å²) in [6.07, 6.45) is 0.443. The van der Waals surface area contributed by atoms with E-state index in [0.717, 1.165) is 33.2 Å². The van der Waals surface area contributed by atoms with Crippen LogP contribution in [-0.4, -0.2) is 4.98 Å². The van der Waals surface area contributed by atoms with Gasteiger partial charge in [-0.1, -0.05) is 43.3 Å². The molecule has 2 aromatic carbocycles. The lowest BCUT2D eigenvalue weighted by atomic mass is 10.0. The summed E-state index contributed by atoms with van der Waals surface area (Å²) in [5, 5.41) is 1.01. The maximum absolute atomic E-state index is 7.79. The van der Waals surface area contributed by atoms with Crippen LogP contribution >= 0.6 is 0 Å². The van der Waals surface area contributed by atoms with Crippen molar-refractivity contribution in [3.8, 4) is 11.1 Å². The smallest absolute Gasteiger partial charge is 0.161 e. The molecule has 0 spiro atoms. The quantitative estimate of drug-likeness (QED) is 0.502. The number of furan rings is 1. The molecule has 21 heavy (non-hydrogen) atoms. The van der Waals surface area contributed by atoms with Gasteiger partial charge in [0, 0.05) is 19.9 Å². The van der Waals surface area contributed by atoms with Crippen LogP contribution in [0, 0.1) is 0 Å². The third-order valence-corrected chi connectivity index (χ3v) is 3.74. The van der Waals surface area contributed by atoms with Gasteiger partial charge in [-0.25, -0.2) is 0 Å². The summed E-state index contributed by atoms with van der Waals surface area (Å²) in [6.45, 7) is 1.56. The first-order valence-electron chi connectivity index (χ1n) is 7.91. The predicted octanol–water partition coefficient (Wildman–Crippen LogP) is 5.21. The van der Waals surface area contributed by atoms with Gasteiger partial charge >= 0.3 is 0 Å². The lowest BCUT2D eigenvalue weighted by Gasteiger charge is -2.03. The second-order valence-corrected chi connectivity index (χ2v) is 4.96. The third-order valence-electron chi connectivity index (χ3n) is 3.74. The van der Waals surface area contributed by atoms with E-state index in [4.69, 9.17) is 7.16 Å². The van der Waals surface area contributed by atoms with E-state index < -0.39 is 6.37 Å². The van der Waals surface area contributed by atoms with Gasteiger partial charge in [0.05, 0.1) is 0 Å². The van der Waals surface area contributed by atoms with Crippen LogP contribution in [0.25, 0.3) is 33.2 Å². The Balaban J connectivity index is 1.92. The molecule has 0 amide bonds. The fraction of sp³-hybridized carbons (Fsp3) is 0.105. The van der Waals surface area contributed by atoms with Gasteiger partial charge in [-0.15, -0.1) is 0 Å². The summed E-state index contributed by atoms with van der Waals surface area (Å²) in [7, 11) is 0. The van der Waals surface area contributed by atoms with E-state index in [-0.39, 0.29) is 0 Å². The first kappa shape index (κ1) is 10.2. The fourth-order valence-corrected chi connectivity index (χ4v) is 2.65. The molecule has 2 aromatic heterocycles. The normalized spacial score (nSPS) is 13.4. The number of fused-ring (bicyclic) bond motifs is 3. The Bertz CT molecular complexity index is 997. The van der Waals surface area contributed by atoms with E-state index in [1.165, 1.54) is 0 Å². The van der Waals surface area contributed by atoms with Crippen molar-refractivity contribution < 1.29 is 7.16 Å². The van der Waals surface area contributed by atoms with Crippen LogP contribution in [-0.2, 0) is 6.37 Å². The number of nitrogens with zero attached hydrogens (tertiary/aromatic N) is 1. The van der Waals surface area contributed by atoms with Gasteiger partial charge in [0.2, 0.25) is 0 Å². The number of pyridine rings is 1. The molecule has 102 valence electrons. The molecule has 0 aliphatic rings. The van der Waals surface area contributed by atoms with Crippen molar-refractivity contribution in [3.05, 3.63) is 66.4 Å². The van der Waals surface area contributed by atoms with E-state index in [0.29, 0.717) is 5.56 Å². The lowest BCUT2D eigenvalue weighted by molar-refractivity contribution is 0.669. The maximum atomic E-state index is 7.79. The Hall–Kier alpha value is -2.61. The maximum Gasteiger partial charge on any atom is 0.161 e. The molecule has 0 radical (unpaired) electrons. The highest BCUT2D eigenvalue weighted by Gasteiger charge is 2.12. The number of aryl methyl sites for hydroxylation is 1. The first-order chi connectivity index (χ1) is 11.0. The van der Waals surface area contributed by atoms with E-state index in [9.17, 15) is 0 Å². The number of aromatic nitrogens is 1. The fourth-order valence-electron chi connectivity index (χ4n) is 2.65. The number of hydrogen-bond donors (Lipinski definition) is 0. The topological polar surface area (TPSA) is 26.0 Å². The molecular formula is C19H15NO. The van der Waals surface area contributed by atoms with E-state index in [1.54, 1.807) is 13.1 Å². The van der Waals surface area contributed by atoms with Crippen LogP contribution in [0.15, 0.2) is 65.2 Å². The van der Waals surface area contributed by atoms with Gasteiger partial charge in [0.15, 0.2) is 5.58 Å². The van der Waals surface area contributed by atoms with Crippen molar-refractivity contribution in [2.24, 2.45) is 0 Å². The standard InChI is InChI=1S/C19H15NO/c1-2-13-7-9-14(10-8-13)15-11-12-20-18-16-5-3-4-6-17(16)21-19(15)18/h3-12H,2H2,1H3/i2D2. The van der Waals surface area contributed by atoms with E-state index in [2.05, 4.69) is 4.98 Å². The van der Waals surface area contributed by atoms with Crippen molar-refractivity contribution in [2.45, 2.75) is 13.3 Å². The Labute approximate surface area is 125 Å². The molecule has 0 aliphatic carbocycles. The SMILES string of the molecule is [2H]C([2H])(C)c1ccc(-c2ccnc3c2oc2ccccc23)cc1. The highest BCUT2D eigenvalue weighted by Crippen LogP contribution is 2.34. The summed E-state index contributed by atoms with van der Waals surface area (Å²) in [6, 6.07) is 17.3. The Morgan fingerprint density at radius 1 is 1.05 bits per heavy atom. The molecular weight excluding hydrogens is 258 g/mol. The number of para-hydroxylation sites is 1. The molecule has 0 saturated carbocycles. The van der Waals surface area contributed by atoms with Gasteiger partial charge < -0.3 is 4.42 Å². The first-order valence-corrected chi connectivity index (χ1v) is 6.91. The summed E-state index contributed by atoms with van der Waals surface area (Å²) in [4.78, 5) is 4.46. The zero-order valence-corrected chi connectivity index (χ0v) is 11.6. The minimum absolute atomic E-state index is 0.663. The Morgan fingerprint density at radius 3 is 2.67 bits per heavy atom. The van der Waals surface area contributed by atoms with Crippen LogP contribution in [0.2, 0.25) is 0 Å². The molecule has 2 heterocycles. The second-order valence-electron chi connectivity index (χ2n) is 4.96. The third kappa shape index (κ3) is 1.91. The number of benzene rings is 2. The average Bonchev–Trinajstić information content (AvgIpc) is 2.93. The molecule has 0 unspecified atom stereocenters. The zero-order chi connectivity index (χ0) is 16.0. The number of rotatable bonds is 2. The predicted molar refractivity (Wildman–Crippen MR) is 86.3 cm³/mol. The van der Waals surface area contributed by atoms with Crippen molar-refractivity contribution in [2.75, 3.05) is 0 Å². The Morgan fingerprint density at radius 2 is 1.86 bits per heavy atom. The summed E-state index contributed by atoms with van der Waals surface area (Å²) >= 11 is 0. The molecule has 0 bridgehead atoms. The molecule has 2 nitrogen and oxygen atoms in total. The van der Waals surface area contributed by atoms with Crippen molar-refractivity contribution in [1.29, 1.82) is 0 Å². The minimum atomic E-state index is -1.34. The van der Waals surface area contributed by atoms with E-state index in [1.807, 2.05) is 54.6 Å². The summed E-state index contributed by atoms with van der Waals surface area (Å²) in [5.41, 5.74) is 5.06. The zero-order valence-electron chi connectivity index (χ0n) is 13.6. The lowest BCUT2D eigenvalue weighted by Crippen LogP contribution is -1.83. The van der Waals surface area contributed by atoms with Crippen LogP contribution in [0.4, 0.5) is 0 Å². The highest BCUT2D eigenvalue weighted by molar-refractivity contribution is 6.07. The van der Waals surface area contributed by atoms with Crippen LogP contribution in [0.3, 0.4) is 0 Å². The Kier molecular flexibility index (Phi) is 2.29. The van der Waals surface area contributed by atoms with Crippen molar-refractivity contribution in [1.82, 2.24) is 4.98 Å².